The molecule has 0 amide bonds. The molecule has 0 saturated heterocycles. The van der Waals surface area contributed by atoms with Crippen molar-refractivity contribution in [3.63, 3.8) is 0 Å². The molecular formula is C19H25F17NO2PS. The topological polar surface area (TPSA) is 46.2 Å². The zero-order valence-electron chi connectivity index (χ0n) is 21.3. The lowest BCUT2D eigenvalue weighted by Crippen LogP contribution is -2.75. The molecule has 0 bridgehead atoms. The van der Waals surface area contributed by atoms with Gasteiger partial charge in [0.1, 0.15) is 0 Å². The normalized spacial score (nSPS) is 15.9. The van der Waals surface area contributed by atoms with E-state index in [0.29, 0.717) is 17.0 Å². The number of hydrogen-bond donors (Lipinski definition) is 1. The monoisotopic (exact) mass is 685 g/mol. The van der Waals surface area contributed by atoms with Crippen molar-refractivity contribution >= 4 is 17.9 Å². The third-order valence-electron chi connectivity index (χ3n) is 5.22. The second-order valence-corrected chi connectivity index (χ2v) is 14.1. The van der Waals surface area contributed by atoms with E-state index in [1.807, 2.05) is 0 Å². The highest BCUT2D eigenvalue weighted by Crippen LogP contribution is 2.64. The Morgan fingerprint density at radius 3 is 1.20 bits per heavy atom. The fourth-order valence-electron chi connectivity index (χ4n) is 3.21. The summed E-state index contributed by atoms with van der Waals surface area (Å²) in [6.45, 7) is 5.96. The Bertz CT molecular complexity index is 970. The smallest absolute Gasteiger partial charge is 0.210 e. The van der Waals surface area contributed by atoms with Gasteiger partial charge in [0.05, 0.1) is 0 Å². The van der Waals surface area contributed by atoms with Gasteiger partial charge in [0.15, 0.2) is 0 Å². The molecule has 0 aliphatic rings. The van der Waals surface area contributed by atoms with Crippen LogP contribution in [0.3, 0.4) is 0 Å². The van der Waals surface area contributed by atoms with Crippen molar-refractivity contribution in [1.29, 1.82) is 0 Å². The van der Waals surface area contributed by atoms with Crippen LogP contribution in [0.4, 0.5) is 74.6 Å². The van der Waals surface area contributed by atoms with Gasteiger partial charge >= 0.3 is 47.0 Å². The first kappa shape index (κ1) is 40.1. The zero-order chi connectivity index (χ0) is 33.5. The van der Waals surface area contributed by atoms with E-state index < -0.39 is 77.9 Å². The molecule has 0 unspecified atom stereocenters. The van der Waals surface area contributed by atoms with Gasteiger partial charge in [0, 0.05) is 6.54 Å². The van der Waals surface area contributed by atoms with E-state index in [1.54, 1.807) is 27.7 Å². The minimum Gasteiger partial charge on any atom is -0.210 e. The fourth-order valence-corrected chi connectivity index (χ4v) is 7.45. The van der Waals surface area contributed by atoms with Crippen LogP contribution in [0.1, 0.15) is 34.1 Å². The lowest BCUT2D eigenvalue weighted by molar-refractivity contribution is -0.458. The number of alkyl halides is 17. The first-order valence-corrected chi connectivity index (χ1v) is 14.5. The lowest BCUT2D eigenvalue weighted by Gasteiger charge is -2.42. The Hall–Kier alpha value is -0.850. The maximum absolute atomic E-state index is 14.1. The van der Waals surface area contributed by atoms with E-state index in [1.165, 1.54) is 0 Å². The molecule has 0 heterocycles. The molecule has 0 aromatic heterocycles. The van der Waals surface area contributed by atoms with Gasteiger partial charge in [-0.05, 0) is 36.7 Å². The fraction of sp³-hybridized carbons (Fsp3) is 1.00. The van der Waals surface area contributed by atoms with Crippen LogP contribution < -0.4 is 4.72 Å². The lowest BCUT2D eigenvalue weighted by atomic mass is 9.91. The van der Waals surface area contributed by atoms with Crippen molar-refractivity contribution in [2.24, 2.45) is 11.8 Å². The minimum absolute atomic E-state index is 0.0964. The second kappa shape index (κ2) is 12.3. The SMILES string of the molecule is CC(C)CP(CCCNS(=O)(=O)C(F)(F)C(F)(F)C(F)(F)C(F)(F)C(F)(F)C(F)(F)C(F)(F)C(F)(F)F)CC(C)C. The maximum Gasteiger partial charge on any atom is 0.460 e. The molecule has 0 spiro atoms. The predicted octanol–water partition coefficient (Wildman–Crippen LogP) is 8.06. The van der Waals surface area contributed by atoms with Gasteiger partial charge in [-0.1, -0.05) is 27.7 Å². The number of sulfonamides is 1. The molecule has 0 fully saturated rings. The highest BCUT2D eigenvalue weighted by atomic mass is 32.2. The average molecular weight is 685 g/mol. The van der Waals surface area contributed by atoms with E-state index in [4.69, 9.17) is 0 Å². The van der Waals surface area contributed by atoms with Gasteiger partial charge in [-0.25, -0.2) is 13.1 Å². The van der Waals surface area contributed by atoms with Gasteiger partial charge in [-0.3, -0.25) is 0 Å². The summed E-state index contributed by atoms with van der Waals surface area (Å²) >= 11 is 0. The van der Waals surface area contributed by atoms with Crippen LogP contribution in [0.5, 0.6) is 0 Å². The minimum atomic E-state index is -8.83. The zero-order valence-corrected chi connectivity index (χ0v) is 23.0. The summed E-state index contributed by atoms with van der Waals surface area (Å²) in [5, 5.41) is -7.52. The Morgan fingerprint density at radius 1 is 0.561 bits per heavy atom. The molecule has 0 saturated carbocycles. The summed E-state index contributed by atoms with van der Waals surface area (Å²) in [4.78, 5) is 0. The van der Waals surface area contributed by atoms with Crippen LogP contribution in [-0.4, -0.2) is 80.4 Å². The Labute approximate surface area is 224 Å². The van der Waals surface area contributed by atoms with E-state index in [-0.39, 0.29) is 18.0 Å². The van der Waals surface area contributed by atoms with Gasteiger partial charge in [0.2, 0.25) is 0 Å². The third-order valence-corrected chi connectivity index (χ3v) is 10.2. The van der Waals surface area contributed by atoms with Gasteiger partial charge in [0.25, 0.3) is 10.0 Å². The van der Waals surface area contributed by atoms with Crippen molar-refractivity contribution in [2.45, 2.75) is 81.1 Å². The number of halogens is 17. The summed E-state index contributed by atoms with van der Waals surface area (Å²) in [6.07, 6.45) is -7.03. The van der Waals surface area contributed by atoms with Crippen LogP contribution >= 0.6 is 7.92 Å². The summed E-state index contributed by atoms with van der Waals surface area (Å²) in [5.41, 5.74) is 0. The van der Waals surface area contributed by atoms with Gasteiger partial charge in [-0.2, -0.15) is 74.6 Å². The second-order valence-electron chi connectivity index (χ2n) is 9.76. The highest BCUT2D eigenvalue weighted by Gasteiger charge is 2.96. The van der Waals surface area contributed by atoms with Crippen molar-refractivity contribution in [1.82, 2.24) is 4.72 Å². The van der Waals surface area contributed by atoms with Crippen LogP contribution in [0.25, 0.3) is 0 Å². The molecule has 0 aliphatic carbocycles. The molecule has 0 atom stereocenters. The summed E-state index contributed by atoms with van der Waals surface area (Å²) in [5.74, 6) is -51.3. The first-order valence-electron chi connectivity index (χ1n) is 11.1. The van der Waals surface area contributed by atoms with Gasteiger partial charge in [-0.15, -0.1) is 7.92 Å². The molecule has 22 heteroatoms. The average Bonchev–Trinajstić information content (AvgIpc) is 2.73. The van der Waals surface area contributed by atoms with Crippen LogP contribution in [0.2, 0.25) is 0 Å². The molecular weight excluding hydrogens is 660 g/mol. The quantitative estimate of drug-likeness (QED) is 0.102. The summed E-state index contributed by atoms with van der Waals surface area (Å²) in [6, 6.07) is 0. The number of rotatable bonds is 16. The van der Waals surface area contributed by atoms with E-state index in [9.17, 15) is 83.1 Å². The molecule has 0 rings (SSSR count). The van der Waals surface area contributed by atoms with Crippen molar-refractivity contribution < 1.29 is 83.1 Å². The Balaban J connectivity index is 6.28. The third kappa shape index (κ3) is 7.11. The molecule has 1 N–H and O–H groups in total. The molecule has 41 heavy (non-hydrogen) atoms. The summed E-state index contributed by atoms with van der Waals surface area (Å²) in [7, 11) is -8.14. The maximum atomic E-state index is 14.1. The van der Waals surface area contributed by atoms with E-state index in [0.717, 1.165) is 0 Å². The first-order chi connectivity index (χ1) is 17.7. The van der Waals surface area contributed by atoms with Crippen LogP contribution in [-0.2, 0) is 10.0 Å². The molecule has 0 radical (unpaired) electrons. The highest BCUT2D eigenvalue weighted by molar-refractivity contribution is 7.90. The summed E-state index contributed by atoms with van der Waals surface area (Å²) < 4.78 is 251. The molecule has 248 valence electrons. The molecule has 0 aromatic rings. The molecule has 3 nitrogen and oxygen atoms in total. The van der Waals surface area contributed by atoms with Crippen molar-refractivity contribution in [3.05, 3.63) is 0 Å². The molecule has 0 aromatic carbocycles. The van der Waals surface area contributed by atoms with Crippen molar-refractivity contribution in [2.75, 3.05) is 25.0 Å². The van der Waals surface area contributed by atoms with Crippen molar-refractivity contribution in [3.8, 4) is 0 Å². The molecule has 0 aliphatic heterocycles. The number of nitrogens with one attached hydrogen (secondary N) is 1. The van der Waals surface area contributed by atoms with Crippen LogP contribution in [0.15, 0.2) is 0 Å². The number of hydrogen-bond acceptors (Lipinski definition) is 2. The van der Waals surface area contributed by atoms with E-state index >= 15 is 0 Å². The largest absolute Gasteiger partial charge is 0.460 e. The Morgan fingerprint density at radius 2 is 0.878 bits per heavy atom. The Kier molecular flexibility index (Phi) is 12.0. The van der Waals surface area contributed by atoms with Gasteiger partial charge < -0.3 is 0 Å². The van der Waals surface area contributed by atoms with E-state index in [2.05, 4.69) is 0 Å². The predicted molar refractivity (Wildman–Crippen MR) is 113 cm³/mol. The van der Waals surface area contributed by atoms with Crippen LogP contribution in [0, 0.1) is 11.8 Å². The standard InChI is InChI=1S/C19H25F17NO2PS/c1-10(2)8-40(9-11(3)4)7-5-6-37-41(38,39)19(35,36)17(30,31)15(26,27)13(22,23)12(20,21)14(24,25)16(28,29)18(32,33)34/h10-11,37H,5-9H2,1-4H3.